The number of hydrogen-bond donors (Lipinski definition) is 5. The number of amides is 2. The predicted octanol–water partition coefficient (Wildman–Crippen LogP) is 3.49. The van der Waals surface area contributed by atoms with Crippen LogP contribution < -0.4 is 30.7 Å². The Labute approximate surface area is 213 Å². The number of methoxy groups -OCH3 is 1. The molecular weight excluding hydrogens is 484 g/mol. The predicted molar refractivity (Wildman–Crippen MR) is 140 cm³/mol. The fourth-order valence-electron chi connectivity index (χ4n) is 4.02. The molecule has 0 saturated heterocycles. The summed E-state index contributed by atoms with van der Waals surface area (Å²) in [6.07, 6.45) is 3.48. The molecule has 2 aromatic heterocycles. The number of ether oxygens (including phenoxy) is 2. The molecular formula is C25H27ClN6O4. The van der Waals surface area contributed by atoms with Crippen LogP contribution in [-0.4, -0.2) is 55.6 Å². The fourth-order valence-corrected chi connectivity index (χ4v) is 4.28. The number of anilines is 3. The van der Waals surface area contributed by atoms with Crippen LogP contribution in [0.2, 0.25) is 5.02 Å². The van der Waals surface area contributed by atoms with Crippen LogP contribution in [0.15, 0.2) is 43.1 Å². The van der Waals surface area contributed by atoms with Crippen molar-refractivity contribution in [3.05, 3.63) is 59.4 Å². The standard InChI is InChI=1S/C25H27ClN6O4/c1-4-18(33)28-12-13-36-22-14(8-10-29-24(22)27-2)20-21(19-16(31-20)9-11-30-25(19)34)32-17-7-5-6-15(26)23(17)35-3/h4-8,10,31-32H,1,9,11-13H2,2-3H3,(H,27,29)(H,28,33)(H,30,34). The lowest BCUT2D eigenvalue weighted by molar-refractivity contribution is -0.116. The number of carbonyl (C=O) groups is 2. The molecule has 0 atom stereocenters. The van der Waals surface area contributed by atoms with Gasteiger partial charge in [0.05, 0.1) is 41.3 Å². The quantitative estimate of drug-likeness (QED) is 0.208. The van der Waals surface area contributed by atoms with Gasteiger partial charge in [0, 0.05) is 37.5 Å². The number of halogens is 1. The Kier molecular flexibility index (Phi) is 7.65. The number of aromatic amines is 1. The number of benzene rings is 1. The average Bonchev–Trinajstić information content (AvgIpc) is 3.25. The van der Waals surface area contributed by atoms with Gasteiger partial charge in [0.1, 0.15) is 6.61 Å². The van der Waals surface area contributed by atoms with Crippen molar-refractivity contribution in [2.24, 2.45) is 0 Å². The number of hydrogen-bond acceptors (Lipinski definition) is 7. The van der Waals surface area contributed by atoms with E-state index in [2.05, 4.69) is 37.8 Å². The van der Waals surface area contributed by atoms with Gasteiger partial charge in [-0.15, -0.1) is 0 Å². The second-order valence-electron chi connectivity index (χ2n) is 7.81. The van der Waals surface area contributed by atoms with Gasteiger partial charge in [-0.1, -0.05) is 24.2 Å². The molecule has 0 bridgehead atoms. The molecule has 1 aliphatic rings. The van der Waals surface area contributed by atoms with E-state index < -0.39 is 0 Å². The molecule has 1 aliphatic heterocycles. The lowest BCUT2D eigenvalue weighted by atomic mass is 10.0. The van der Waals surface area contributed by atoms with Crippen molar-refractivity contribution in [1.82, 2.24) is 20.6 Å². The fraction of sp³-hybridized carbons (Fsp3) is 0.240. The highest BCUT2D eigenvalue weighted by Gasteiger charge is 2.29. The Morgan fingerprint density at radius 3 is 2.89 bits per heavy atom. The van der Waals surface area contributed by atoms with Crippen molar-refractivity contribution in [2.45, 2.75) is 6.42 Å². The third kappa shape index (κ3) is 4.94. The first-order valence-corrected chi connectivity index (χ1v) is 11.7. The van der Waals surface area contributed by atoms with Crippen molar-refractivity contribution in [3.8, 4) is 22.8 Å². The first-order chi connectivity index (χ1) is 17.5. The zero-order valence-corrected chi connectivity index (χ0v) is 20.7. The van der Waals surface area contributed by atoms with Gasteiger partial charge in [0.15, 0.2) is 17.3 Å². The van der Waals surface area contributed by atoms with Crippen LogP contribution in [0, 0.1) is 0 Å². The van der Waals surface area contributed by atoms with Crippen molar-refractivity contribution < 1.29 is 19.1 Å². The number of rotatable bonds is 10. The van der Waals surface area contributed by atoms with Crippen molar-refractivity contribution in [3.63, 3.8) is 0 Å². The van der Waals surface area contributed by atoms with Crippen LogP contribution >= 0.6 is 11.6 Å². The Hall–Kier alpha value is -4.18. The van der Waals surface area contributed by atoms with Gasteiger partial charge in [-0.3, -0.25) is 9.59 Å². The monoisotopic (exact) mass is 510 g/mol. The van der Waals surface area contributed by atoms with E-state index in [0.29, 0.717) is 63.5 Å². The van der Waals surface area contributed by atoms with Crippen LogP contribution in [0.1, 0.15) is 16.1 Å². The number of aromatic nitrogens is 2. The van der Waals surface area contributed by atoms with E-state index in [9.17, 15) is 9.59 Å². The summed E-state index contributed by atoms with van der Waals surface area (Å²) in [4.78, 5) is 32.2. The minimum Gasteiger partial charge on any atom is -0.493 e. The van der Waals surface area contributed by atoms with Crippen LogP contribution in [0.5, 0.6) is 11.5 Å². The molecule has 0 unspecified atom stereocenters. The Balaban J connectivity index is 1.80. The van der Waals surface area contributed by atoms with Gasteiger partial charge >= 0.3 is 0 Å². The first kappa shape index (κ1) is 24.9. The highest BCUT2D eigenvalue weighted by Crippen LogP contribution is 2.44. The number of nitrogens with one attached hydrogen (secondary N) is 5. The molecule has 188 valence electrons. The lowest BCUT2D eigenvalue weighted by Gasteiger charge is -2.18. The van der Waals surface area contributed by atoms with Gasteiger partial charge in [0.2, 0.25) is 5.91 Å². The highest BCUT2D eigenvalue weighted by atomic mass is 35.5. The summed E-state index contributed by atoms with van der Waals surface area (Å²) in [5.41, 5.74) is 3.78. The molecule has 3 heterocycles. The van der Waals surface area contributed by atoms with Crippen LogP contribution in [0.25, 0.3) is 11.3 Å². The summed E-state index contributed by atoms with van der Waals surface area (Å²) in [7, 11) is 3.27. The summed E-state index contributed by atoms with van der Waals surface area (Å²) < 4.78 is 11.6. The largest absolute Gasteiger partial charge is 0.493 e. The van der Waals surface area contributed by atoms with Gasteiger partial charge in [-0.05, 0) is 24.3 Å². The third-order valence-electron chi connectivity index (χ3n) is 5.64. The molecule has 0 fully saturated rings. The van der Waals surface area contributed by atoms with E-state index >= 15 is 0 Å². The molecule has 0 radical (unpaired) electrons. The van der Waals surface area contributed by atoms with E-state index in [1.807, 2.05) is 6.07 Å². The zero-order valence-electron chi connectivity index (χ0n) is 20.0. The molecule has 10 nitrogen and oxygen atoms in total. The topological polar surface area (TPSA) is 129 Å². The molecule has 5 N–H and O–H groups in total. The first-order valence-electron chi connectivity index (χ1n) is 11.3. The number of carbonyl (C=O) groups excluding carboxylic acids is 2. The molecule has 3 aromatic rings. The third-order valence-corrected chi connectivity index (χ3v) is 5.94. The summed E-state index contributed by atoms with van der Waals surface area (Å²) in [6.45, 7) is 4.44. The Bertz CT molecular complexity index is 1310. The van der Waals surface area contributed by atoms with Gasteiger partial charge in [-0.25, -0.2) is 4.98 Å². The van der Waals surface area contributed by atoms with Crippen LogP contribution in [-0.2, 0) is 11.2 Å². The van der Waals surface area contributed by atoms with Crippen molar-refractivity contribution in [1.29, 1.82) is 0 Å². The maximum atomic E-state index is 12.9. The summed E-state index contributed by atoms with van der Waals surface area (Å²) >= 11 is 6.34. The maximum Gasteiger partial charge on any atom is 0.255 e. The van der Waals surface area contributed by atoms with Gasteiger partial charge in [0.25, 0.3) is 5.91 Å². The normalized spacial score (nSPS) is 12.2. The van der Waals surface area contributed by atoms with Gasteiger partial charge in [-0.2, -0.15) is 0 Å². The summed E-state index contributed by atoms with van der Waals surface area (Å²) in [5, 5.41) is 12.4. The highest BCUT2D eigenvalue weighted by molar-refractivity contribution is 6.32. The number of fused-ring (bicyclic) bond motifs is 1. The Morgan fingerprint density at radius 1 is 1.31 bits per heavy atom. The molecule has 2 amide bonds. The molecule has 0 saturated carbocycles. The lowest BCUT2D eigenvalue weighted by Crippen LogP contribution is -2.31. The SMILES string of the molecule is C=CC(=O)NCCOc1c(-c2[nH]c3c(c2Nc2cccc(Cl)c2OC)C(=O)NCC3)ccnc1NC. The number of para-hydroxylation sites is 1. The zero-order chi connectivity index (χ0) is 25.7. The van der Waals surface area contributed by atoms with Crippen LogP contribution in [0.4, 0.5) is 17.2 Å². The summed E-state index contributed by atoms with van der Waals surface area (Å²) in [5.74, 6) is 0.943. The molecule has 4 rings (SSSR count). The minimum atomic E-state index is -0.288. The van der Waals surface area contributed by atoms with E-state index in [1.54, 1.807) is 31.4 Å². The second-order valence-corrected chi connectivity index (χ2v) is 8.22. The number of H-pyrrole nitrogens is 1. The smallest absolute Gasteiger partial charge is 0.255 e. The van der Waals surface area contributed by atoms with Gasteiger partial charge < -0.3 is 35.7 Å². The van der Waals surface area contributed by atoms with Crippen molar-refractivity contribution >= 4 is 40.6 Å². The number of nitrogens with zero attached hydrogens (tertiary/aromatic N) is 1. The maximum absolute atomic E-state index is 12.9. The molecule has 1 aromatic carbocycles. The average molecular weight is 511 g/mol. The second kappa shape index (κ2) is 11.0. The molecule has 36 heavy (non-hydrogen) atoms. The molecule has 0 aliphatic carbocycles. The van der Waals surface area contributed by atoms with E-state index in [0.717, 1.165) is 5.69 Å². The van der Waals surface area contributed by atoms with E-state index in [1.165, 1.54) is 13.2 Å². The minimum absolute atomic E-state index is 0.193. The van der Waals surface area contributed by atoms with E-state index in [-0.39, 0.29) is 25.0 Å². The molecule has 11 heteroatoms. The summed E-state index contributed by atoms with van der Waals surface area (Å²) in [6, 6.07) is 7.14. The van der Waals surface area contributed by atoms with Crippen molar-refractivity contribution in [2.75, 3.05) is 44.5 Å². The van der Waals surface area contributed by atoms with Crippen LogP contribution in [0.3, 0.4) is 0 Å². The molecule has 0 spiro atoms. The van der Waals surface area contributed by atoms with E-state index in [4.69, 9.17) is 21.1 Å². The Morgan fingerprint density at radius 2 is 2.14 bits per heavy atom. The number of pyridine rings is 1.